The van der Waals surface area contributed by atoms with Crippen molar-refractivity contribution in [3.63, 3.8) is 0 Å². The summed E-state index contributed by atoms with van der Waals surface area (Å²) in [5.74, 6) is 0.609. The third-order valence-corrected chi connectivity index (χ3v) is 4.33. The number of benzene rings is 1. The summed E-state index contributed by atoms with van der Waals surface area (Å²) in [6, 6.07) is 8.74. The molecule has 0 radical (unpaired) electrons. The highest BCUT2D eigenvalue weighted by Crippen LogP contribution is 2.37. The molecule has 0 saturated heterocycles. The molecule has 2 N–H and O–H groups in total. The lowest BCUT2D eigenvalue weighted by Crippen LogP contribution is -2.14. The Morgan fingerprint density at radius 2 is 2.13 bits per heavy atom. The summed E-state index contributed by atoms with van der Waals surface area (Å²) in [6.07, 6.45) is 3.47. The minimum atomic E-state index is 0.391. The monoisotopic (exact) mass is 218 g/mol. The van der Waals surface area contributed by atoms with Crippen LogP contribution in [0.4, 0.5) is 0 Å². The molecule has 1 aromatic heterocycles. The molecule has 3 rings (SSSR count). The third kappa shape index (κ3) is 1.66. The molecular weight excluding hydrogens is 204 g/mol. The van der Waals surface area contributed by atoms with Gasteiger partial charge < -0.3 is 5.73 Å². The smallest absolute Gasteiger partial charge is 0.0970 e. The van der Waals surface area contributed by atoms with Crippen LogP contribution in [0.1, 0.15) is 30.2 Å². The van der Waals surface area contributed by atoms with Crippen molar-refractivity contribution in [2.24, 2.45) is 5.73 Å². The van der Waals surface area contributed by atoms with Gasteiger partial charge in [0.25, 0.3) is 0 Å². The van der Waals surface area contributed by atoms with Crippen molar-refractivity contribution in [3.05, 3.63) is 29.3 Å². The molecule has 1 heterocycles. The first kappa shape index (κ1) is 9.31. The van der Waals surface area contributed by atoms with Gasteiger partial charge in [0, 0.05) is 12.0 Å². The Balaban J connectivity index is 1.98. The van der Waals surface area contributed by atoms with E-state index in [-0.39, 0.29) is 0 Å². The Hall–Kier alpha value is -0.930. The highest BCUT2D eigenvalue weighted by atomic mass is 32.1. The SMILES string of the molecule is NC1CCC(c2nc3ccccc3s2)C1. The number of thiazole rings is 1. The Kier molecular flexibility index (Phi) is 2.22. The Morgan fingerprint density at radius 1 is 1.27 bits per heavy atom. The van der Waals surface area contributed by atoms with E-state index in [0.717, 1.165) is 18.4 Å². The molecule has 1 aliphatic rings. The fraction of sp³-hybridized carbons (Fsp3) is 0.417. The van der Waals surface area contributed by atoms with Crippen molar-refractivity contribution >= 4 is 21.6 Å². The lowest BCUT2D eigenvalue weighted by atomic mass is 10.1. The summed E-state index contributed by atoms with van der Waals surface area (Å²) in [4.78, 5) is 4.69. The van der Waals surface area contributed by atoms with Crippen molar-refractivity contribution in [1.82, 2.24) is 4.98 Å². The quantitative estimate of drug-likeness (QED) is 0.799. The zero-order chi connectivity index (χ0) is 10.3. The van der Waals surface area contributed by atoms with Crippen LogP contribution in [-0.4, -0.2) is 11.0 Å². The van der Waals surface area contributed by atoms with Gasteiger partial charge in [-0.15, -0.1) is 11.3 Å². The van der Waals surface area contributed by atoms with Crippen molar-refractivity contribution < 1.29 is 0 Å². The van der Waals surface area contributed by atoms with Gasteiger partial charge in [-0.1, -0.05) is 12.1 Å². The number of aromatic nitrogens is 1. The summed E-state index contributed by atoms with van der Waals surface area (Å²) >= 11 is 1.83. The maximum Gasteiger partial charge on any atom is 0.0970 e. The second-order valence-corrected chi connectivity index (χ2v) is 5.35. The van der Waals surface area contributed by atoms with E-state index >= 15 is 0 Å². The van der Waals surface area contributed by atoms with Crippen LogP contribution in [0.3, 0.4) is 0 Å². The maximum absolute atomic E-state index is 5.93. The van der Waals surface area contributed by atoms with Crippen LogP contribution in [-0.2, 0) is 0 Å². The van der Waals surface area contributed by atoms with Crippen LogP contribution in [0, 0.1) is 0 Å². The molecular formula is C12H14N2S. The number of hydrogen-bond donors (Lipinski definition) is 1. The van der Waals surface area contributed by atoms with Crippen molar-refractivity contribution in [1.29, 1.82) is 0 Å². The van der Waals surface area contributed by atoms with E-state index < -0.39 is 0 Å². The molecule has 0 aliphatic heterocycles. The van der Waals surface area contributed by atoms with Gasteiger partial charge in [0.1, 0.15) is 0 Å². The van der Waals surface area contributed by atoms with Gasteiger partial charge in [0.15, 0.2) is 0 Å². The highest BCUT2D eigenvalue weighted by Gasteiger charge is 2.25. The molecule has 0 bridgehead atoms. The predicted molar refractivity (Wildman–Crippen MR) is 64.2 cm³/mol. The number of nitrogens with two attached hydrogens (primary N) is 1. The molecule has 1 saturated carbocycles. The largest absolute Gasteiger partial charge is 0.328 e. The van der Waals surface area contributed by atoms with E-state index in [1.807, 2.05) is 17.4 Å². The minimum absolute atomic E-state index is 0.391. The Bertz CT molecular complexity index is 444. The van der Waals surface area contributed by atoms with Gasteiger partial charge in [0.05, 0.1) is 15.2 Å². The molecule has 3 heteroatoms. The van der Waals surface area contributed by atoms with Crippen LogP contribution in [0.15, 0.2) is 24.3 Å². The van der Waals surface area contributed by atoms with Crippen LogP contribution < -0.4 is 5.73 Å². The molecule has 0 amide bonds. The van der Waals surface area contributed by atoms with Gasteiger partial charge in [-0.05, 0) is 31.4 Å². The van der Waals surface area contributed by atoms with Gasteiger partial charge in [-0.25, -0.2) is 4.98 Å². The van der Waals surface area contributed by atoms with Gasteiger partial charge in [-0.3, -0.25) is 0 Å². The number of para-hydroxylation sites is 1. The van der Waals surface area contributed by atoms with Crippen molar-refractivity contribution in [2.45, 2.75) is 31.2 Å². The van der Waals surface area contributed by atoms with Gasteiger partial charge in [-0.2, -0.15) is 0 Å². The molecule has 2 nitrogen and oxygen atoms in total. The second kappa shape index (κ2) is 3.58. The Labute approximate surface area is 93.1 Å². The minimum Gasteiger partial charge on any atom is -0.328 e. The maximum atomic E-state index is 5.93. The van der Waals surface area contributed by atoms with Crippen LogP contribution in [0.5, 0.6) is 0 Å². The zero-order valence-electron chi connectivity index (χ0n) is 8.52. The third-order valence-electron chi connectivity index (χ3n) is 3.13. The van der Waals surface area contributed by atoms with E-state index in [1.54, 1.807) is 0 Å². The average Bonchev–Trinajstić information content (AvgIpc) is 2.82. The topological polar surface area (TPSA) is 38.9 Å². The summed E-state index contributed by atoms with van der Waals surface area (Å²) in [6.45, 7) is 0. The van der Waals surface area contributed by atoms with E-state index in [0.29, 0.717) is 12.0 Å². The van der Waals surface area contributed by atoms with Crippen molar-refractivity contribution in [3.8, 4) is 0 Å². The van der Waals surface area contributed by atoms with Crippen LogP contribution in [0.2, 0.25) is 0 Å². The van der Waals surface area contributed by atoms with E-state index in [9.17, 15) is 0 Å². The molecule has 1 fully saturated rings. The summed E-state index contributed by atoms with van der Waals surface area (Å²) in [5, 5.41) is 1.28. The first-order chi connectivity index (χ1) is 7.33. The number of nitrogens with zero attached hydrogens (tertiary/aromatic N) is 1. The van der Waals surface area contributed by atoms with E-state index in [2.05, 4.69) is 18.2 Å². The second-order valence-electron chi connectivity index (χ2n) is 4.29. The van der Waals surface area contributed by atoms with Crippen molar-refractivity contribution in [2.75, 3.05) is 0 Å². The highest BCUT2D eigenvalue weighted by molar-refractivity contribution is 7.18. The fourth-order valence-corrected chi connectivity index (χ4v) is 3.42. The molecule has 2 unspecified atom stereocenters. The summed E-state index contributed by atoms with van der Waals surface area (Å²) in [7, 11) is 0. The molecule has 2 atom stereocenters. The standard InChI is InChI=1S/C12H14N2S/c13-9-6-5-8(7-9)12-14-10-3-1-2-4-11(10)15-12/h1-4,8-9H,5-7,13H2. The predicted octanol–water partition coefficient (Wildman–Crippen LogP) is 2.89. The first-order valence-electron chi connectivity index (χ1n) is 5.44. The number of fused-ring (bicyclic) bond motifs is 1. The first-order valence-corrected chi connectivity index (χ1v) is 6.25. The van der Waals surface area contributed by atoms with E-state index in [4.69, 9.17) is 10.7 Å². The lowest BCUT2D eigenvalue weighted by Gasteiger charge is -2.03. The molecule has 2 aromatic rings. The lowest BCUT2D eigenvalue weighted by molar-refractivity contribution is 0.673. The normalized spacial score (nSPS) is 26.2. The molecule has 78 valence electrons. The van der Waals surface area contributed by atoms with Gasteiger partial charge >= 0.3 is 0 Å². The van der Waals surface area contributed by atoms with E-state index in [1.165, 1.54) is 16.1 Å². The fourth-order valence-electron chi connectivity index (χ4n) is 2.31. The number of hydrogen-bond acceptors (Lipinski definition) is 3. The van der Waals surface area contributed by atoms with Crippen LogP contribution in [0.25, 0.3) is 10.2 Å². The van der Waals surface area contributed by atoms with Gasteiger partial charge in [0.2, 0.25) is 0 Å². The molecule has 15 heavy (non-hydrogen) atoms. The van der Waals surface area contributed by atoms with Crippen LogP contribution >= 0.6 is 11.3 Å². The average molecular weight is 218 g/mol. The summed E-state index contributed by atoms with van der Waals surface area (Å²) < 4.78 is 1.30. The molecule has 1 aromatic carbocycles. The number of rotatable bonds is 1. The summed E-state index contributed by atoms with van der Waals surface area (Å²) in [5.41, 5.74) is 7.07. The Morgan fingerprint density at radius 3 is 2.87 bits per heavy atom. The molecule has 0 spiro atoms. The molecule has 1 aliphatic carbocycles. The zero-order valence-corrected chi connectivity index (χ0v) is 9.33.